The van der Waals surface area contributed by atoms with Crippen LogP contribution in [0.2, 0.25) is 10.5 Å². The second-order valence-electron chi connectivity index (χ2n) is 7.35. The first-order valence-electron chi connectivity index (χ1n) is 7.69. The van der Waals surface area contributed by atoms with Gasteiger partial charge in [-0.05, 0) is 11.0 Å². The van der Waals surface area contributed by atoms with Gasteiger partial charge in [0.1, 0.15) is 0 Å². The van der Waals surface area contributed by atoms with Crippen LogP contribution >= 0.6 is 0 Å². The summed E-state index contributed by atoms with van der Waals surface area (Å²) in [7, 11) is 0. The Morgan fingerprint density at radius 2 is 1.08 bits per heavy atom. The summed E-state index contributed by atoms with van der Waals surface area (Å²) < 4.78 is 4.49. The third-order valence-corrected chi connectivity index (χ3v) is 9.16. The third kappa shape index (κ3) is 7.43. The molecule has 2 aromatic rings. The van der Waals surface area contributed by atoms with Crippen molar-refractivity contribution in [3.05, 3.63) is 71.8 Å². The average Bonchev–Trinajstić information content (AvgIpc) is 2.38. The quantitative estimate of drug-likeness (QED) is 0.559. The van der Waals surface area contributed by atoms with Crippen LogP contribution in [0.25, 0.3) is 0 Å². The standard InChI is InChI=1S/C13H11.C4H10N.2CH3.2ClH.H4Si.Ti/c1-3-7-12(8-4-1)11-13-9-5-2-6-10-13;1-4(2,3)5;;;;;;/h1-11H;5H,1-3H3;2*1H3;2*1H;1H4;/q;-1;;;;;;+3/p-2. The van der Waals surface area contributed by atoms with Gasteiger partial charge in [-0.25, -0.2) is 0 Å². The summed E-state index contributed by atoms with van der Waals surface area (Å²) in [6.45, 7) is 6.81. The van der Waals surface area contributed by atoms with E-state index in [1.54, 1.807) is 0 Å². The van der Waals surface area contributed by atoms with E-state index in [1.165, 1.54) is 11.1 Å². The molecule has 0 aliphatic rings. The van der Waals surface area contributed by atoms with Gasteiger partial charge in [-0.3, -0.25) is 0 Å². The molecule has 0 saturated heterocycles. The first-order chi connectivity index (χ1) is 9.80. The van der Waals surface area contributed by atoms with E-state index in [2.05, 4.69) is 95.7 Å². The van der Waals surface area contributed by atoms with Crippen molar-refractivity contribution in [1.82, 2.24) is 3.80 Å². The van der Waals surface area contributed by atoms with E-state index >= 15 is 0 Å². The molecule has 2 rings (SSSR count). The molecule has 1 nitrogen and oxygen atoms in total. The third-order valence-electron chi connectivity index (χ3n) is 3.68. The minimum atomic E-state index is -2.28. The maximum absolute atomic E-state index is 3.98. The fourth-order valence-corrected chi connectivity index (χ4v) is 9.80. The van der Waals surface area contributed by atoms with Gasteiger partial charge in [-0.1, -0.05) is 0 Å². The van der Waals surface area contributed by atoms with Crippen LogP contribution in [-0.2, 0) is 16.8 Å². The van der Waals surface area contributed by atoms with Gasteiger partial charge in [0.2, 0.25) is 0 Å². The molecule has 0 aliphatic carbocycles. The van der Waals surface area contributed by atoms with Crippen LogP contribution in [0, 0.1) is 0 Å². The Morgan fingerprint density at radius 3 is 1.38 bits per heavy atom. The van der Waals surface area contributed by atoms with Crippen molar-refractivity contribution >= 4 is 11.0 Å². The topological polar surface area (TPSA) is 12.0 Å². The Hall–Kier alpha value is -0.0888. The molecule has 0 aliphatic heterocycles. The second-order valence-corrected chi connectivity index (χ2v) is 14.0. The van der Waals surface area contributed by atoms with Crippen LogP contribution in [0.3, 0.4) is 0 Å². The average molecular weight is 420 g/mol. The molecule has 2 aromatic carbocycles. The Kier molecular flexibility index (Phi) is 11.8. The monoisotopic (exact) mass is 419 g/mol. The molecule has 0 fully saturated rings. The summed E-state index contributed by atoms with van der Waals surface area (Å²) in [5.74, 6) is 0. The van der Waals surface area contributed by atoms with E-state index < -0.39 is 16.8 Å². The van der Waals surface area contributed by atoms with Crippen LogP contribution in [0.15, 0.2) is 60.7 Å². The zero-order chi connectivity index (χ0) is 15.5. The predicted octanol–water partition coefficient (Wildman–Crippen LogP) is -2.11. The molecule has 5 heteroatoms. The summed E-state index contributed by atoms with van der Waals surface area (Å²) in [4.78, 5) is 0. The molecule has 0 spiro atoms. The van der Waals surface area contributed by atoms with Crippen molar-refractivity contribution in [1.29, 1.82) is 0 Å². The van der Waals surface area contributed by atoms with Gasteiger partial charge in [-0.2, -0.15) is 0 Å². The van der Waals surface area contributed by atoms with Gasteiger partial charge < -0.3 is 24.8 Å². The number of hydrogen-bond acceptors (Lipinski definition) is 1. The van der Waals surface area contributed by atoms with Gasteiger partial charge in [0.25, 0.3) is 0 Å². The predicted molar refractivity (Wildman–Crippen MR) is 101 cm³/mol. The Morgan fingerprint density at radius 1 is 0.750 bits per heavy atom. The Bertz CT molecular complexity index is 531. The van der Waals surface area contributed by atoms with Crippen molar-refractivity contribution in [3.63, 3.8) is 0 Å². The molecule has 0 atom stereocenters. The van der Waals surface area contributed by atoms with E-state index in [-0.39, 0.29) is 41.3 Å². The molecule has 0 bridgehead atoms. The van der Waals surface area contributed by atoms with Crippen molar-refractivity contribution < 1.29 is 41.7 Å². The summed E-state index contributed by atoms with van der Waals surface area (Å²) in [6.07, 6.45) is 0. The van der Waals surface area contributed by atoms with E-state index in [0.29, 0.717) is 4.22 Å². The van der Waals surface area contributed by atoms with E-state index in [4.69, 9.17) is 0 Å². The first kappa shape index (κ1) is 26.1. The maximum atomic E-state index is 3.98. The molecule has 0 unspecified atom stereocenters. The molecule has 134 valence electrons. The van der Waals surface area contributed by atoms with E-state index in [0.717, 1.165) is 0 Å². The van der Waals surface area contributed by atoms with Gasteiger partial charge in [0.05, 0.1) is 0 Å². The summed E-state index contributed by atoms with van der Waals surface area (Å²) in [6, 6.07) is 21.9. The minimum absolute atomic E-state index is 0. The number of nitrogens with one attached hydrogen (secondary N) is 1. The smallest absolute Gasteiger partial charge is 0.0149 e. The molecule has 24 heavy (non-hydrogen) atoms. The van der Waals surface area contributed by atoms with Gasteiger partial charge in [0, 0.05) is 0 Å². The van der Waals surface area contributed by atoms with Crippen LogP contribution < -0.4 is 28.6 Å². The molecule has 0 amide bonds. The maximum Gasteiger partial charge on any atom is -0.0149 e. The fourth-order valence-electron chi connectivity index (χ4n) is 3.36. The Balaban J connectivity index is 0. The zero-order valence-corrected chi connectivity index (χ0v) is 17.7. The molecule has 1 N–H and O–H groups in total. The van der Waals surface area contributed by atoms with E-state index in [9.17, 15) is 0 Å². The van der Waals surface area contributed by atoms with Crippen LogP contribution in [0.5, 0.6) is 0 Å². The SMILES string of the molecule is CC(C)(C)[NH][Ti+2]([CH3])([CH3])[CH](c1ccccc1)c1ccccc1.[Cl-].[Cl-].[SiH4]. The van der Waals surface area contributed by atoms with Crippen molar-refractivity contribution in [2.75, 3.05) is 0 Å². The number of hydrogen-bond donors (Lipinski definition) is 1. The normalized spacial score (nSPS) is 10.4. The molecule has 0 heterocycles. The van der Waals surface area contributed by atoms with Gasteiger partial charge >= 0.3 is 133 Å². The van der Waals surface area contributed by atoms with Crippen LogP contribution in [-0.4, -0.2) is 16.5 Å². The van der Waals surface area contributed by atoms with Gasteiger partial charge in [-0.15, -0.1) is 0 Å². The first-order valence-corrected chi connectivity index (χ1v) is 12.5. The van der Waals surface area contributed by atoms with Crippen molar-refractivity contribution in [2.24, 2.45) is 0 Å². The summed E-state index contributed by atoms with van der Waals surface area (Å²) in [5, 5.41) is 4.96. The summed E-state index contributed by atoms with van der Waals surface area (Å²) in [5.41, 5.74) is 3.03. The number of halogens is 2. The molecular weight excluding hydrogens is 389 g/mol. The molecular formula is C19H31Cl2NSiTi. The van der Waals surface area contributed by atoms with Crippen LogP contribution in [0.4, 0.5) is 0 Å². The largest absolute Gasteiger partial charge is 1.00 e. The Labute approximate surface area is 168 Å². The molecule has 0 saturated carbocycles. The zero-order valence-electron chi connectivity index (χ0n) is 14.6. The molecule has 0 radical (unpaired) electrons. The van der Waals surface area contributed by atoms with E-state index in [1.807, 2.05) is 0 Å². The van der Waals surface area contributed by atoms with Crippen molar-refractivity contribution in [2.45, 2.75) is 41.0 Å². The van der Waals surface area contributed by atoms with Gasteiger partial charge in [0.15, 0.2) is 0 Å². The molecule has 0 aromatic heterocycles. The van der Waals surface area contributed by atoms with Crippen LogP contribution in [0.1, 0.15) is 36.1 Å². The minimum Gasteiger partial charge on any atom is -1.00 e. The fraction of sp³-hybridized carbons (Fsp3) is 0.368. The van der Waals surface area contributed by atoms with Crippen molar-refractivity contribution in [3.8, 4) is 0 Å². The summed E-state index contributed by atoms with van der Waals surface area (Å²) >= 11 is -2.28. The number of benzene rings is 2. The second kappa shape index (κ2) is 10.8. The number of rotatable bonds is 4.